The van der Waals surface area contributed by atoms with Gasteiger partial charge < -0.3 is 9.80 Å². The van der Waals surface area contributed by atoms with Crippen LogP contribution in [0.15, 0.2) is 30.5 Å². The number of hydrogen-bond acceptors (Lipinski definition) is 6. The quantitative estimate of drug-likeness (QED) is 0.493. The molecule has 0 atom stereocenters. The van der Waals surface area contributed by atoms with Gasteiger partial charge in [-0.25, -0.2) is 0 Å². The van der Waals surface area contributed by atoms with Crippen molar-refractivity contribution in [1.29, 1.82) is 0 Å². The molecule has 0 saturated carbocycles. The molecule has 6 rings (SSSR count). The Morgan fingerprint density at radius 3 is 2.63 bits per heavy atom. The third-order valence-electron chi connectivity index (χ3n) is 7.26. The van der Waals surface area contributed by atoms with Crippen LogP contribution in [0.2, 0.25) is 5.02 Å². The van der Waals surface area contributed by atoms with Gasteiger partial charge in [-0.3, -0.25) is 24.3 Å². The van der Waals surface area contributed by atoms with Crippen LogP contribution in [0, 0.1) is 0 Å². The van der Waals surface area contributed by atoms with Crippen molar-refractivity contribution in [3.05, 3.63) is 45.9 Å². The molecule has 5 heterocycles. The minimum atomic E-state index is -0.111. The molecule has 0 unspecified atom stereocenters. The van der Waals surface area contributed by atoms with Gasteiger partial charge >= 0.3 is 0 Å². The number of thiophene rings is 1. The monoisotopic (exact) mass is 508 g/mol. The number of rotatable bonds is 4. The Morgan fingerprint density at radius 2 is 1.89 bits per heavy atom. The van der Waals surface area contributed by atoms with Crippen LogP contribution >= 0.6 is 22.9 Å². The van der Waals surface area contributed by atoms with Crippen LogP contribution in [0.4, 0.5) is 5.69 Å². The molecule has 2 aromatic heterocycles. The molecule has 3 aliphatic rings. The fraction of sp³-hybridized carbons (Fsp3) is 0.385. The smallest absolute Gasteiger partial charge is 0.230 e. The Kier molecular flexibility index (Phi) is 5.53. The molecule has 0 radical (unpaired) electrons. The molecule has 180 valence electrons. The lowest BCUT2D eigenvalue weighted by Crippen LogP contribution is -2.61. The van der Waals surface area contributed by atoms with E-state index in [0.717, 1.165) is 58.7 Å². The lowest BCUT2D eigenvalue weighted by atomic mass is 9.91. The predicted octanol–water partition coefficient (Wildman–Crippen LogP) is 4.25. The number of aryl methyl sites for hydroxylation is 1. The summed E-state index contributed by atoms with van der Waals surface area (Å²) in [6.45, 7) is 4.34. The number of likely N-dealkylation sites (tertiary alicyclic amines) is 2. The summed E-state index contributed by atoms with van der Waals surface area (Å²) >= 11 is 8.18. The van der Waals surface area contributed by atoms with E-state index in [1.54, 1.807) is 18.3 Å². The van der Waals surface area contributed by atoms with E-state index >= 15 is 0 Å². The number of benzene rings is 1. The Bertz CT molecular complexity index is 1360. The van der Waals surface area contributed by atoms with Gasteiger partial charge in [0.05, 0.1) is 22.8 Å². The van der Waals surface area contributed by atoms with Crippen molar-refractivity contribution >= 4 is 56.6 Å². The number of anilines is 1. The third kappa shape index (κ3) is 3.89. The number of imide groups is 1. The minimum absolute atomic E-state index is 0.111. The summed E-state index contributed by atoms with van der Waals surface area (Å²) in [5.41, 5.74) is 5.40. The van der Waals surface area contributed by atoms with Crippen molar-refractivity contribution in [2.45, 2.75) is 45.2 Å². The molecule has 7 nitrogen and oxygen atoms in total. The van der Waals surface area contributed by atoms with Gasteiger partial charge in [0.1, 0.15) is 0 Å². The number of carbonyl (C=O) groups is 3. The summed E-state index contributed by atoms with van der Waals surface area (Å²) in [4.78, 5) is 47.3. The lowest BCUT2D eigenvalue weighted by Gasteiger charge is -2.48. The molecule has 9 heteroatoms. The van der Waals surface area contributed by atoms with Crippen LogP contribution < -0.4 is 4.90 Å². The molecule has 35 heavy (non-hydrogen) atoms. The number of amides is 3. The molecule has 0 aliphatic carbocycles. The highest BCUT2D eigenvalue weighted by molar-refractivity contribution is 7.19. The Balaban J connectivity index is 1.41. The summed E-state index contributed by atoms with van der Waals surface area (Å²) < 4.78 is 1.02. The van der Waals surface area contributed by atoms with Crippen LogP contribution in [0.5, 0.6) is 0 Å². The third-order valence-corrected chi connectivity index (χ3v) is 8.62. The molecule has 1 aromatic carbocycles. The van der Waals surface area contributed by atoms with Gasteiger partial charge in [0.25, 0.3) is 0 Å². The van der Waals surface area contributed by atoms with Crippen molar-refractivity contribution in [2.75, 3.05) is 24.5 Å². The van der Waals surface area contributed by atoms with E-state index in [1.807, 2.05) is 29.3 Å². The second-order valence-electron chi connectivity index (χ2n) is 9.50. The number of carbonyl (C=O) groups excluding carboxylic acids is 3. The Labute approximate surface area is 212 Å². The number of pyridine rings is 1. The zero-order valence-corrected chi connectivity index (χ0v) is 21.0. The molecule has 2 saturated heterocycles. The molecule has 0 spiro atoms. The van der Waals surface area contributed by atoms with Crippen LogP contribution in [-0.2, 0) is 27.3 Å². The normalized spacial score (nSPS) is 18.4. The van der Waals surface area contributed by atoms with E-state index in [1.165, 1.54) is 16.2 Å². The fourth-order valence-electron chi connectivity index (χ4n) is 5.45. The molecule has 0 N–H and O–H groups in total. The minimum Gasteiger partial charge on any atom is -0.364 e. The number of fused-ring (bicyclic) bond motifs is 2. The van der Waals surface area contributed by atoms with E-state index in [9.17, 15) is 14.4 Å². The van der Waals surface area contributed by atoms with E-state index in [4.69, 9.17) is 11.6 Å². The van der Waals surface area contributed by atoms with Crippen molar-refractivity contribution in [3.63, 3.8) is 0 Å². The predicted molar refractivity (Wildman–Crippen MR) is 137 cm³/mol. The SMILES string of the molecule is CC(=O)N1CC(N2CCCc3cc(Cl)cc(-c4ccnc5cc(CN6C(=O)CCC6=O)sc45)c32)C1. The van der Waals surface area contributed by atoms with Crippen molar-refractivity contribution in [2.24, 2.45) is 0 Å². The largest absolute Gasteiger partial charge is 0.364 e. The molecular formula is C26H25ClN4O3S. The highest BCUT2D eigenvalue weighted by Gasteiger charge is 2.37. The van der Waals surface area contributed by atoms with Crippen LogP contribution in [-0.4, -0.2) is 58.2 Å². The topological polar surface area (TPSA) is 73.8 Å². The molecule has 3 aliphatic heterocycles. The first kappa shape index (κ1) is 22.5. The molecule has 0 bridgehead atoms. The number of halogens is 1. The van der Waals surface area contributed by atoms with Gasteiger partial charge in [-0.2, -0.15) is 0 Å². The molecule has 3 aromatic rings. The van der Waals surface area contributed by atoms with Gasteiger partial charge in [-0.1, -0.05) is 11.6 Å². The van der Waals surface area contributed by atoms with E-state index in [-0.39, 0.29) is 17.7 Å². The van der Waals surface area contributed by atoms with Crippen molar-refractivity contribution < 1.29 is 14.4 Å². The molecule has 3 amide bonds. The van der Waals surface area contributed by atoms with Gasteiger partial charge in [-0.15, -0.1) is 11.3 Å². The molecular weight excluding hydrogens is 484 g/mol. The number of nitrogens with zero attached hydrogens (tertiary/aromatic N) is 4. The van der Waals surface area contributed by atoms with Gasteiger partial charge in [0.2, 0.25) is 17.7 Å². The van der Waals surface area contributed by atoms with E-state index in [0.29, 0.717) is 30.5 Å². The van der Waals surface area contributed by atoms with Crippen LogP contribution in [0.25, 0.3) is 21.3 Å². The Hall–Kier alpha value is -2.97. The zero-order chi connectivity index (χ0) is 24.3. The van der Waals surface area contributed by atoms with Gasteiger partial charge in [0, 0.05) is 72.3 Å². The highest BCUT2D eigenvalue weighted by Crippen LogP contribution is 2.45. The lowest BCUT2D eigenvalue weighted by molar-refractivity contribution is -0.139. The van der Waals surface area contributed by atoms with Crippen molar-refractivity contribution in [1.82, 2.24) is 14.8 Å². The maximum Gasteiger partial charge on any atom is 0.230 e. The van der Waals surface area contributed by atoms with E-state index < -0.39 is 0 Å². The van der Waals surface area contributed by atoms with E-state index in [2.05, 4.69) is 16.0 Å². The average molecular weight is 509 g/mol. The number of hydrogen-bond donors (Lipinski definition) is 0. The summed E-state index contributed by atoms with van der Waals surface area (Å²) in [5, 5.41) is 0.703. The maximum absolute atomic E-state index is 12.1. The second-order valence-corrected chi connectivity index (χ2v) is 11.1. The Morgan fingerprint density at radius 1 is 1.11 bits per heavy atom. The van der Waals surface area contributed by atoms with Crippen LogP contribution in [0.1, 0.15) is 36.6 Å². The summed E-state index contributed by atoms with van der Waals surface area (Å²) in [6, 6.07) is 8.39. The highest BCUT2D eigenvalue weighted by atomic mass is 35.5. The second kappa shape index (κ2) is 8.60. The first-order chi connectivity index (χ1) is 16.9. The maximum atomic E-state index is 12.1. The standard InChI is InChI=1S/C26H25ClN4O3S/c1-15(32)29-12-18(13-29)30-8-2-3-16-9-17(27)10-21(25(16)30)20-6-7-28-22-11-19(35-26(20)22)14-31-23(33)4-5-24(31)34/h6-7,9-11,18H,2-5,8,12-14H2,1H3. The van der Waals surface area contributed by atoms with Crippen molar-refractivity contribution in [3.8, 4) is 11.1 Å². The number of aromatic nitrogens is 1. The fourth-order valence-corrected chi connectivity index (χ4v) is 6.82. The summed E-state index contributed by atoms with van der Waals surface area (Å²) in [5.74, 6) is -0.104. The first-order valence-corrected chi connectivity index (χ1v) is 13.1. The van der Waals surface area contributed by atoms with Gasteiger partial charge in [-0.05, 0) is 42.7 Å². The van der Waals surface area contributed by atoms with Gasteiger partial charge in [0.15, 0.2) is 0 Å². The zero-order valence-electron chi connectivity index (χ0n) is 19.4. The average Bonchev–Trinajstić information content (AvgIpc) is 3.35. The molecule has 2 fully saturated rings. The summed E-state index contributed by atoms with van der Waals surface area (Å²) in [6.07, 6.45) is 4.41. The summed E-state index contributed by atoms with van der Waals surface area (Å²) in [7, 11) is 0. The van der Waals surface area contributed by atoms with Crippen LogP contribution in [0.3, 0.4) is 0 Å². The first-order valence-electron chi connectivity index (χ1n) is 11.9.